The second-order valence-electron chi connectivity index (χ2n) is 5.32. The summed E-state index contributed by atoms with van der Waals surface area (Å²) in [6.45, 7) is 4.85. The minimum Gasteiger partial charge on any atom is -0.444 e. The molecule has 7 heteroatoms. The Bertz CT molecular complexity index is 607. The fourth-order valence-electron chi connectivity index (χ4n) is 1.42. The molecule has 0 saturated heterocycles. The van der Waals surface area contributed by atoms with Gasteiger partial charge in [-0.05, 0) is 32.9 Å². The average Bonchev–Trinajstić information content (AvgIpc) is 2.32. The molecule has 1 amide bonds. The van der Waals surface area contributed by atoms with Crippen LogP contribution in [-0.4, -0.2) is 18.2 Å². The van der Waals surface area contributed by atoms with E-state index in [1.807, 2.05) is 0 Å². The Labute approximate surface area is 125 Å². The summed E-state index contributed by atoms with van der Waals surface area (Å²) in [6.07, 6.45) is -5.50. The van der Waals surface area contributed by atoms with E-state index in [-0.39, 0.29) is 12.1 Å². The molecule has 0 heterocycles. The number of alkyl carbamates (subject to hydrolysis) is 1. The molecule has 0 aliphatic heterocycles. The lowest BCUT2D eigenvalue weighted by Gasteiger charge is -2.19. The van der Waals surface area contributed by atoms with E-state index in [1.165, 1.54) is 0 Å². The molecule has 0 radical (unpaired) electrons. The van der Waals surface area contributed by atoms with Crippen molar-refractivity contribution in [1.82, 2.24) is 5.32 Å². The van der Waals surface area contributed by atoms with Crippen LogP contribution in [-0.2, 0) is 10.9 Å². The van der Waals surface area contributed by atoms with Gasteiger partial charge in [0.15, 0.2) is 5.82 Å². The SMILES string of the molecule is CC(C)(C)OC(=O)NCC#Cc1cccc(C(F)(F)F)c1F. The summed E-state index contributed by atoms with van der Waals surface area (Å²) >= 11 is 0. The highest BCUT2D eigenvalue weighted by Gasteiger charge is 2.34. The number of hydrogen-bond acceptors (Lipinski definition) is 2. The van der Waals surface area contributed by atoms with Crippen LogP contribution in [0, 0.1) is 17.7 Å². The second-order valence-corrected chi connectivity index (χ2v) is 5.32. The molecule has 0 aliphatic rings. The van der Waals surface area contributed by atoms with Crippen molar-refractivity contribution in [1.29, 1.82) is 0 Å². The molecule has 3 nitrogen and oxygen atoms in total. The Morgan fingerprint density at radius 2 is 1.91 bits per heavy atom. The van der Waals surface area contributed by atoms with Crippen LogP contribution >= 0.6 is 0 Å². The number of carbonyl (C=O) groups is 1. The highest BCUT2D eigenvalue weighted by Crippen LogP contribution is 2.32. The largest absolute Gasteiger partial charge is 0.444 e. The number of alkyl halides is 3. The first-order valence-electron chi connectivity index (χ1n) is 6.32. The van der Waals surface area contributed by atoms with Crippen LogP contribution in [0.15, 0.2) is 18.2 Å². The molecule has 0 saturated carbocycles. The van der Waals surface area contributed by atoms with Gasteiger partial charge in [0.25, 0.3) is 0 Å². The van der Waals surface area contributed by atoms with Crippen LogP contribution in [0.3, 0.4) is 0 Å². The molecule has 0 bridgehead atoms. The predicted octanol–water partition coefficient (Wildman–Crippen LogP) is 3.72. The first-order valence-corrected chi connectivity index (χ1v) is 6.32. The van der Waals surface area contributed by atoms with E-state index >= 15 is 0 Å². The van der Waals surface area contributed by atoms with E-state index < -0.39 is 29.3 Å². The molecule has 0 spiro atoms. The molecule has 1 rings (SSSR count). The summed E-state index contributed by atoms with van der Waals surface area (Å²) in [7, 11) is 0. The van der Waals surface area contributed by atoms with Gasteiger partial charge in [-0.3, -0.25) is 0 Å². The lowest BCUT2D eigenvalue weighted by Crippen LogP contribution is -2.32. The molecule has 1 aromatic carbocycles. The average molecular weight is 317 g/mol. The number of benzene rings is 1. The van der Waals surface area contributed by atoms with Gasteiger partial charge in [0.05, 0.1) is 17.7 Å². The van der Waals surface area contributed by atoms with E-state index in [2.05, 4.69) is 17.2 Å². The van der Waals surface area contributed by atoms with Crippen molar-refractivity contribution < 1.29 is 27.1 Å². The molecule has 0 unspecified atom stereocenters. The molecule has 22 heavy (non-hydrogen) atoms. The number of nitrogens with one attached hydrogen (secondary N) is 1. The van der Waals surface area contributed by atoms with Crippen LogP contribution in [0.2, 0.25) is 0 Å². The summed E-state index contributed by atoms with van der Waals surface area (Å²) < 4.78 is 56.1. The third-order valence-corrected chi connectivity index (χ3v) is 2.25. The summed E-state index contributed by atoms with van der Waals surface area (Å²) in [4.78, 5) is 11.3. The van der Waals surface area contributed by atoms with Crippen molar-refractivity contribution >= 4 is 6.09 Å². The number of halogens is 4. The minimum atomic E-state index is -4.78. The number of hydrogen-bond donors (Lipinski definition) is 1. The van der Waals surface area contributed by atoms with Crippen molar-refractivity contribution in [2.75, 3.05) is 6.54 Å². The molecule has 1 N–H and O–H groups in total. The molecule has 120 valence electrons. The Hall–Kier alpha value is -2.23. The van der Waals surface area contributed by atoms with Crippen LogP contribution in [0.5, 0.6) is 0 Å². The smallest absolute Gasteiger partial charge is 0.419 e. The van der Waals surface area contributed by atoms with Crippen molar-refractivity contribution in [3.05, 3.63) is 35.1 Å². The number of rotatable bonds is 1. The fourth-order valence-corrected chi connectivity index (χ4v) is 1.42. The third kappa shape index (κ3) is 5.64. The zero-order valence-corrected chi connectivity index (χ0v) is 12.3. The van der Waals surface area contributed by atoms with Gasteiger partial charge in [-0.1, -0.05) is 17.9 Å². The highest BCUT2D eigenvalue weighted by atomic mass is 19.4. The molecular weight excluding hydrogens is 302 g/mol. The molecule has 0 aromatic heterocycles. The van der Waals surface area contributed by atoms with Crippen molar-refractivity contribution in [3.63, 3.8) is 0 Å². The maximum Gasteiger partial charge on any atom is 0.419 e. The molecule has 0 fully saturated rings. The normalized spacial score (nSPS) is 11.4. The van der Waals surface area contributed by atoms with E-state index in [1.54, 1.807) is 20.8 Å². The summed E-state index contributed by atoms with van der Waals surface area (Å²) in [5, 5.41) is 2.29. The Morgan fingerprint density at radius 1 is 1.27 bits per heavy atom. The first-order chi connectivity index (χ1) is 10.0. The summed E-state index contributed by atoms with van der Waals surface area (Å²) in [5.74, 6) is 3.19. The number of carbonyl (C=O) groups excluding carboxylic acids is 1. The van der Waals surface area contributed by atoms with Crippen molar-refractivity contribution in [3.8, 4) is 11.8 Å². The molecule has 0 atom stereocenters. The van der Waals surface area contributed by atoms with Gasteiger partial charge in [0.1, 0.15) is 5.60 Å². The summed E-state index contributed by atoms with van der Waals surface area (Å²) in [5.41, 5.74) is -2.44. The van der Waals surface area contributed by atoms with Gasteiger partial charge >= 0.3 is 12.3 Å². The summed E-state index contributed by atoms with van der Waals surface area (Å²) in [6, 6.07) is 2.84. The highest BCUT2D eigenvalue weighted by molar-refractivity contribution is 5.68. The van der Waals surface area contributed by atoms with Crippen LogP contribution in [0.4, 0.5) is 22.4 Å². The zero-order valence-electron chi connectivity index (χ0n) is 12.3. The number of ether oxygens (including phenoxy) is 1. The zero-order chi connectivity index (χ0) is 17.0. The van der Waals surface area contributed by atoms with E-state index in [4.69, 9.17) is 4.74 Å². The van der Waals surface area contributed by atoms with Crippen LogP contribution in [0.1, 0.15) is 31.9 Å². The monoisotopic (exact) mass is 317 g/mol. The molecular formula is C15H15F4NO2. The maximum absolute atomic E-state index is 13.6. The van der Waals surface area contributed by atoms with Gasteiger partial charge in [-0.2, -0.15) is 13.2 Å². The van der Waals surface area contributed by atoms with Gasteiger partial charge in [-0.15, -0.1) is 0 Å². The first kappa shape index (κ1) is 17.8. The Balaban J connectivity index is 2.72. The molecule has 0 aliphatic carbocycles. The fraction of sp³-hybridized carbons (Fsp3) is 0.400. The predicted molar refractivity (Wildman–Crippen MR) is 72.5 cm³/mol. The Kier molecular flexibility index (Phi) is 5.42. The van der Waals surface area contributed by atoms with Crippen LogP contribution in [0.25, 0.3) is 0 Å². The van der Waals surface area contributed by atoms with E-state index in [0.29, 0.717) is 6.07 Å². The minimum absolute atomic E-state index is 0.176. The van der Waals surface area contributed by atoms with Gasteiger partial charge in [0, 0.05) is 0 Å². The van der Waals surface area contributed by atoms with E-state index in [9.17, 15) is 22.4 Å². The number of amides is 1. The van der Waals surface area contributed by atoms with Crippen LogP contribution < -0.4 is 5.32 Å². The Morgan fingerprint density at radius 3 is 2.45 bits per heavy atom. The molecule has 1 aromatic rings. The second kappa shape index (κ2) is 6.69. The quantitative estimate of drug-likeness (QED) is 0.633. The van der Waals surface area contributed by atoms with Gasteiger partial charge < -0.3 is 10.1 Å². The van der Waals surface area contributed by atoms with Gasteiger partial charge in [-0.25, -0.2) is 9.18 Å². The lowest BCUT2D eigenvalue weighted by molar-refractivity contribution is -0.140. The van der Waals surface area contributed by atoms with Crippen molar-refractivity contribution in [2.24, 2.45) is 0 Å². The van der Waals surface area contributed by atoms with E-state index in [0.717, 1.165) is 12.1 Å². The standard InChI is InChI=1S/C15H15F4NO2/c1-14(2,3)22-13(21)20-9-5-7-10-6-4-8-11(12(10)16)15(17,18)19/h4,6,8H,9H2,1-3H3,(H,20,21). The maximum atomic E-state index is 13.6. The van der Waals surface area contributed by atoms with Gasteiger partial charge in [0.2, 0.25) is 0 Å². The van der Waals surface area contributed by atoms with Crippen molar-refractivity contribution in [2.45, 2.75) is 32.5 Å². The third-order valence-electron chi connectivity index (χ3n) is 2.25. The lowest BCUT2D eigenvalue weighted by atomic mass is 10.1. The topological polar surface area (TPSA) is 38.3 Å².